The van der Waals surface area contributed by atoms with Crippen LogP contribution in [0.5, 0.6) is 0 Å². The van der Waals surface area contributed by atoms with Crippen LogP contribution in [0.4, 0.5) is 4.39 Å². The average molecular weight is 337 g/mol. The normalized spacial score (nSPS) is 13.0. The zero-order valence-electron chi connectivity index (χ0n) is 12.1. The lowest BCUT2D eigenvalue weighted by Crippen LogP contribution is -2.32. The van der Waals surface area contributed by atoms with E-state index in [-0.39, 0.29) is 10.9 Å². The third-order valence-electron chi connectivity index (χ3n) is 3.17. The van der Waals surface area contributed by atoms with Crippen LogP contribution in [-0.2, 0) is 10.0 Å². The van der Waals surface area contributed by atoms with Gasteiger partial charge < -0.3 is 4.90 Å². The number of rotatable bonds is 5. The summed E-state index contributed by atoms with van der Waals surface area (Å²) in [7, 11) is -2.78. The predicted molar refractivity (Wildman–Crippen MR) is 79.2 cm³/mol. The summed E-state index contributed by atoms with van der Waals surface area (Å²) in [6.07, 6.45) is 0.859. The molecular weight excluding hydrogens is 319 g/mol. The van der Waals surface area contributed by atoms with E-state index in [1.165, 1.54) is 11.9 Å². The number of amides is 1. The summed E-state index contributed by atoms with van der Waals surface area (Å²) in [4.78, 5) is 12.8. The molecule has 1 amide bonds. The lowest BCUT2D eigenvalue weighted by atomic mass is 10.1. The highest BCUT2D eigenvalue weighted by Crippen LogP contribution is 2.24. The summed E-state index contributed by atoms with van der Waals surface area (Å²) >= 11 is 5.75. The number of benzene rings is 1. The molecule has 8 heteroatoms. The van der Waals surface area contributed by atoms with Crippen molar-refractivity contribution < 1.29 is 17.6 Å². The second-order valence-electron chi connectivity index (χ2n) is 5.01. The Morgan fingerprint density at radius 1 is 1.48 bits per heavy atom. The Balaban J connectivity index is 3.25. The molecule has 21 heavy (non-hydrogen) atoms. The summed E-state index contributed by atoms with van der Waals surface area (Å²) < 4.78 is 36.9. The smallest absolute Gasteiger partial charge is 0.256 e. The molecule has 0 fully saturated rings. The van der Waals surface area contributed by atoms with Gasteiger partial charge in [-0.25, -0.2) is 17.9 Å². The van der Waals surface area contributed by atoms with Crippen LogP contribution in [-0.4, -0.2) is 32.8 Å². The minimum Gasteiger partial charge on any atom is -0.341 e. The second kappa shape index (κ2) is 6.72. The van der Waals surface area contributed by atoms with Gasteiger partial charge in [0.2, 0.25) is 10.0 Å². The van der Waals surface area contributed by atoms with Crippen LogP contribution in [0.1, 0.15) is 30.6 Å². The van der Waals surface area contributed by atoms with Gasteiger partial charge in [0.1, 0.15) is 4.90 Å². The highest BCUT2D eigenvalue weighted by Gasteiger charge is 2.25. The van der Waals surface area contributed by atoms with Crippen LogP contribution in [0.3, 0.4) is 0 Å². The molecule has 118 valence electrons. The standard InChI is InChI=1S/C13H18ClFN2O3S/c1-4-8(2)7-17(3)13(18)10-5-9(14)6-11(12(10)15)21(16,19)20/h5-6,8H,4,7H2,1-3H3,(H2,16,19,20). The molecule has 1 rings (SSSR count). The maximum atomic E-state index is 14.2. The molecule has 1 atom stereocenters. The maximum absolute atomic E-state index is 14.2. The fraction of sp³-hybridized carbons (Fsp3) is 0.462. The third kappa shape index (κ3) is 4.39. The van der Waals surface area contributed by atoms with E-state index < -0.39 is 32.2 Å². The van der Waals surface area contributed by atoms with Crippen molar-refractivity contribution in [1.29, 1.82) is 0 Å². The summed E-state index contributed by atoms with van der Waals surface area (Å²) in [5.74, 6) is -1.58. The molecule has 0 heterocycles. The minimum absolute atomic E-state index is 0.0688. The first-order valence-corrected chi connectivity index (χ1v) is 8.27. The van der Waals surface area contributed by atoms with Crippen molar-refractivity contribution in [3.63, 3.8) is 0 Å². The van der Waals surface area contributed by atoms with Crippen LogP contribution in [0.15, 0.2) is 17.0 Å². The Kier molecular flexibility index (Phi) is 5.72. The molecule has 0 aliphatic carbocycles. The number of carbonyl (C=O) groups excluding carboxylic acids is 1. The number of hydrogen-bond acceptors (Lipinski definition) is 3. The van der Waals surface area contributed by atoms with Gasteiger partial charge in [-0.3, -0.25) is 4.79 Å². The topological polar surface area (TPSA) is 80.5 Å². The number of carbonyl (C=O) groups is 1. The van der Waals surface area contributed by atoms with Crippen LogP contribution in [0.25, 0.3) is 0 Å². The Morgan fingerprint density at radius 3 is 2.52 bits per heavy atom. The molecule has 0 aliphatic heterocycles. The fourth-order valence-corrected chi connectivity index (χ4v) is 2.75. The summed E-state index contributed by atoms with van der Waals surface area (Å²) in [5.41, 5.74) is -0.405. The van der Waals surface area contributed by atoms with Crippen LogP contribution >= 0.6 is 11.6 Å². The lowest BCUT2D eigenvalue weighted by molar-refractivity contribution is 0.0769. The van der Waals surface area contributed by atoms with Crippen molar-refractivity contribution >= 4 is 27.5 Å². The molecule has 2 N–H and O–H groups in total. The van der Waals surface area contributed by atoms with Gasteiger partial charge in [-0.15, -0.1) is 0 Å². The molecule has 0 saturated carbocycles. The predicted octanol–water partition coefficient (Wildman–Crippen LogP) is 2.24. The van der Waals surface area contributed by atoms with E-state index in [2.05, 4.69) is 0 Å². The van der Waals surface area contributed by atoms with Gasteiger partial charge in [-0.2, -0.15) is 0 Å². The minimum atomic E-state index is -4.30. The van der Waals surface area contributed by atoms with E-state index >= 15 is 0 Å². The largest absolute Gasteiger partial charge is 0.341 e. The quantitative estimate of drug-likeness (QED) is 0.895. The van der Waals surface area contributed by atoms with Crippen molar-refractivity contribution in [2.24, 2.45) is 11.1 Å². The van der Waals surface area contributed by atoms with Gasteiger partial charge in [0.05, 0.1) is 5.56 Å². The lowest BCUT2D eigenvalue weighted by Gasteiger charge is -2.21. The number of halogens is 2. The molecule has 5 nitrogen and oxygen atoms in total. The Morgan fingerprint density at radius 2 is 2.05 bits per heavy atom. The molecule has 0 aliphatic rings. The summed E-state index contributed by atoms with van der Waals surface area (Å²) in [6.45, 7) is 4.35. The molecular formula is C13H18ClFN2O3S. The highest BCUT2D eigenvalue weighted by atomic mass is 35.5. The van der Waals surface area contributed by atoms with Gasteiger partial charge >= 0.3 is 0 Å². The van der Waals surface area contributed by atoms with Gasteiger partial charge in [0.15, 0.2) is 5.82 Å². The van der Waals surface area contributed by atoms with E-state index in [4.69, 9.17) is 16.7 Å². The number of nitrogens with two attached hydrogens (primary N) is 1. The monoisotopic (exact) mass is 336 g/mol. The van der Waals surface area contributed by atoms with Crippen molar-refractivity contribution in [2.75, 3.05) is 13.6 Å². The molecule has 0 radical (unpaired) electrons. The molecule has 1 unspecified atom stereocenters. The molecule has 0 saturated heterocycles. The van der Waals surface area contributed by atoms with Gasteiger partial charge in [-0.1, -0.05) is 31.9 Å². The van der Waals surface area contributed by atoms with Gasteiger partial charge in [0, 0.05) is 18.6 Å². The first-order valence-electron chi connectivity index (χ1n) is 6.35. The first kappa shape index (κ1) is 17.9. The molecule has 0 bridgehead atoms. The first-order chi connectivity index (χ1) is 9.57. The summed E-state index contributed by atoms with van der Waals surface area (Å²) in [5, 5.41) is 4.85. The Hall–Kier alpha value is -1.18. The number of nitrogens with zero attached hydrogens (tertiary/aromatic N) is 1. The molecule has 0 aromatic heterocycles. The van der Waals surface area contributed by atoms with Gasteiger partial charge in [-0.05, 0) is 18.1 Å². The van der Waals surface area contributed by atoms with Crippen LogP contribution < -0.4 is 5.14 Å². The van der Waals surface area contributed by atoms with Gasteiger partial charge in [0.25, 0.3) is 5.91 Å². The van der Waals surface area contributed by atoms with E-state index in [9.17, 15) is 17.6 Å². The Labute approximate surface area is 128 Å². The summed E-state index contributed by atoms with van der Waals surface area (Å²) in [6, 6.07) is 1.98. The van der Waals surface area contributed by atoms with Crippen molar-refractivity contribution in [1.82, 2.24) is 4.90 Å². The molecule has 1 aromatic carbocycles. The van der Waals surface area contributed by atoms with Crippen LogP contribution in [0.2, 0.25) is 5.02 Å². The third-order valence-corrected chi connectivity index (χ3v) is 4.30. The van der Waals surface area contributed by atoms with E-state index in [0.29, 0.717) is 6.54 Å². The van der Waals surface area contributed by atoms with E-state index in [0.717, 1.165) is 18.6 Å². The number of hydrogen-bond donors (Lipinski definition) is 1. The SMILES string of the molecule is CCC(C)CN(C)C(=O)c1cc(Cl)cc(S(N)(=O)=O)c1F. The fourth-order valence-electron chi connectivity index (χ4n) is 1.81. The van der Waals surface area contributed by atoms with E-state index in [1.54, 1.807) is 0 Å². The zero-order chi connectivity index (χ0) is 16.4. The average Bonchev–Trinajstić information content (AvgIpc) is 2.38. The molecule has 0 spiro atoms. The highest BCUT2D eigenvalue weighted by molar-refractivity contribution is 7.89. The number of sulfonamides is 1. The van der Waals surface area contributed by atoms with Crippen LogP contribution in [0, 0.1) is 11.7 Å². The van der Waals surface area contributed by atoms with Crippen molar-refractivity contribution in [3.8, 4) is 0 Å². The Bertz CT molecular complexity index is 649. The zero-order valence-corrected chi connectivity index (χ0v) is 13.6. The number of primary sulfonamides is 1. The molecule has 1 aromatic rings. The van der Waals surface area contributed by atoms with Crippen molar-refractivity contribution in [2.45, 2.75) is 25.2 Å². The second-order valence-corrected chi connectivity index (χ2v) is 6.98. The van der Waals surface area contributed by atoms with E-state index in [1.807, 2.05) is 13.8 Å². The van der Waals surface area contributed by atoms with Crippen molar-refractivity contribution in [3.05, 3.63) is 28.5 Å². The maximum Gasteiger partial charge on any atom is 0.256 e.